The van der Waals surface area contributed by atoms with Gasteiger partial charge in [-0.3, -0.25) is 13.7 Å². The number of rotatable bonds is 0. The number of amides is 2. The Morgan fingerprint density at radius 1 is 0.774 bits per heavy atom. The van der Waals surface area contributed by atoms with Crippen LogP contribution in [0, 0.1) is 15.7 Å². The summed E-state index contributed by atoms with van der Waals surface area (Å²) in [4.78, 5) is 33.4. The van der Waals surface area contributed by atoms with E-state index >= 15 is 0 Å². The number of urea groups is 1. The Kier molecular flexibility index (Phi) is 358. The highest BCUT2D eigenvalue weighted by atomic mass is 32.3. The number of nitrogens with two attached hydrogens (primary N) is 3. The number of nitrogens with zero attached hydrogens (tertiary/aromatic N) is 3. The van der Waals surface area contributed by atoms with Gasteiger partial charge in [-0.25, -0.2) is 9.93 Å². The van der Waals surface area contributed by atoms with Gasteiger partial charge < -0.3 is 22.2 Å². The molecule has 0 rings (SSSR count). The molecule has 0 fully saturated rings. The second kappa shape index (κ2) is 92.7. The number of hydrogen-bond donors (Lipinski definition) is 7. The topological polar surface area (TPSA) is 387 Å². The molecule has 0 bridgehead atoms. The van der Waals surface area contributed by atoms with Crippen LogP contribution in [-0.4, -0.2) is 53.4 Å². The lowest BCUT2D eigenvalue weighted by molar-refractivity contribution is -0.191. The highest BCUT2D eigenvalue weighted by molar-refractivity contribution is 7.83. The van der Waals surface area contributed by atoms with Crippen molar-refractivity contribution in [2.45, 2.75) is 59.4 Å². The van der Waals surface area contributed by atoms with Crippen LogP contribution >= 0.6 is 0 Å². The van der Waals surface area contributed by atoms with Crippen molar-refractivity contribution in [3.8, 4) is 0 Å². The number of carbonyl (C=O) groups excluding carboxylic acids is 3. The zero-order valence-electron chi connectivity index (χ0n) is 10.4. The third-order valence-corrected chi connectivity index (χ3v) is 0. The summed E-state index contributed by atoms with van der Waals surface area (Å²) in [5.74, 6) is 0. The summed E-state index contributed by atoms with van der Waals surface area (Å²) < 4.78 is 56.8. The first-order valence-electron chi connectivity index (χ1n) is 3.22. The standard InChI is InChI=1S/CH4N2O.CO2.8CH4.N2.H3NO3S.HNO2.H2O4S.H2O/c2-1(3)4;2-1-3;;;;;;;;;1-2;1-5(2,3)4;2-1-3;1-5(2,3)4;/h(H4,2,3,4);;8*1H4;;(H3,1,2,3,4);(H,2,3);(H2,1,2,3,4);1H2. The molecule has 0 atom stereocenters. The Labute approximate surface area is 186 Å². The number of primary amides is 2. The van der Waals surface area contributed by atoms with E-state index in [0.29, 0.717) is 0 Å². The summed E-state index contributed by atoms with van der Waals surface area (Å²) in [5.41, 5.74) is 8.50. The highest BCUT2D eigenvalue weighted by Gasteiger charge is 1.84. The van der Waals surface area contributed by atoms with E-state index in [1.165, 1.54) is 5.34 Å². The molecule has 0 saturated heterocycles. The van der Waals surface area contributed by atoms with Gasteiger partial charge in [0.25, 0.3) is 0 Å². The SMILES string of the molecule is C.C.C.C.C.C.C.C.N#N.NC(N)=O.NS(=O)(=O)O.O.O=C=O.O=NO.O=S(=O)(O)O. The van der Waals surface area contributed by atoms with Crippen molar-refractivity contribution in [1.82, 2.24) is 0 Å². The molecule has 0 aliphatic carbocycles. The predicted octanol–water partition coefficient (Wildman–Crippen LogP) is 0.972. The lowest BCUT2D eigenvalue weighted by atomic mass is 11.2. The van der Waals surface area contributed by atoms with Crippen molar-refractivity contribution in [3.63, 3.8) is 0 Å². The molecule has 12 N–H and O–H groups in total. The molecule has 0 heterocycles. The lowest BCUT2D eigenvalue weighted by Crippen LogP contribution is -2.18. The first kappa shape index (κ1) is 120. The minimum absolute atomic E-state index is 0. The number of carbonyl (C=O) groups is 1. The Hall–Kier alpha value is -2.83. The van der Waals surface area contributed by atoms with E-state index < -0.39 is 26.7 Å². The highest BCUT2D eigenvalue weighted by Crippen LogP contribution is 1.59. The Morgan fingerprint density at radius 3 is 0.774 bits per heavy atom. The monoisotopic (exact) mass is 520 g/mol. The molecule has 0 saturated carbocycles. The van der Waals surface area contributed by atoms with Crippen LogP contribution in [0.5, 0.6) is 0 Å². The first-order chi connectivity index (χ1) is 9.56. The van der Waals surface area contributed by atoms with Gasteiger partial charge in [0, 0.05) is 10.8 Å². The van der Waals surface area contributed by atoms with Crippen LogP contribution in [0.2, 0.25) is 0 Å². The van der Waals surface area contributed by atoms with Crippen LogP contribution in [0.3, 0.4) is 0 Å². The van der Waals surface area contributed by atoms with E-state index in [9.17, 15) is 0 Å². The molecule has 0 aliphatic rings. The van der Waals surface area contributed by atoms with Crippen molar-refractivity contribution in [3.05, 3.63) is 4.91 Å². The molecule has 204 valence electrons. The van der Waals surface area contributed by atoms with Gasteiger partial charge in [0.1, 0.15) is 0 Å². The summed E-state index contributed by atoms with van der Waals surface area (Å²) in [6.45, 7) is 0. The van der Waals surface area contributed by atoms with E-state index in [1.807, 2.05) is 0 Å². The fraction of sp³-hybridized carbons (Fsp3) is 0.800. The van der Waals surface area contributed by atoms with Gasteiger partial charge in [0.2, 0.25) is 0 Å². The van der Waals surface area contributed by atoms with Crippen molar-refractivity contribution in [1.29, 1.82) is 10.8 Å². The molecule has 19 nitrogen and oxygen atoms in total. The average molecular weight is 521 g/mol. The van der Waals surface area contributed by atoms with Crippen LogP contribution in [0.25, 0.3) is 0 Å². The van der Waals surface area contributed by atoms with Gasteiger partial charge in [0.05, 0.1) is 0 Å². The largest absolute Gasteiger partial charge is 0.412 e. The van der Waals surface area contributed by atoms with Gasteiger partial charge in [-0.15, -0.1) is 4.91 Å². The van der Waals surface area contributed by atoms with Gasteiger partial charge in [-0.05, 0) is 0 Å². The molecule has 0 aromatic carbocycles. The molecule has 0 aromatic heterocycles. The molecule has 0 unspecified atom stereocenters. The minimum atomic E-state index is -4.67. The summed E-state index contributed by atoms with van der Waals surface area (Å²) in [5, 5.41) is 23.8. The fourth-order valence-corrected chi connectivity index (χ4v) is 0. The zero-order valence-corrected chi connectivity index (χ0v) is 12.1. The van der Waals surface area contributed by atoms with Crippen molar-refractivity contribution < 1.29 is 55.6 Å². The second-order valence-corrected chi connectivity index (χ2v) is 3.46. The smallest absolute Gasteiger partial charge is 0.394 e. The Morgan fingerprint density at radius 2 is 0.774 bits per heavy atom. The average Bonchev–Trinajstić information content (AvgIpc) is 2.15. The van der Waals surface area contributed by atoms with E-state index in [-0.39, 0.29) is 71.0 Å². The normalized spacial score (nSPS) is 5.23. The third kappa shape index (κ3) is 2150. The van der Waals surface area contributed by atoms with Gasteiger partial charge in [0.15, 0.2) is 5.34 Å². The van der Waals surface area contributed by atoms with Crippen molar-refractivity contribution in [2.24, 2.45) is 21.9 Å². The molecule has 21 heteroatoms. The molecular weight excluding hydrogens is 476 g/mol. The van der Waals surface area contributed by atoms with E-state index in [0.717, 1.165) is 0 Å². The number of hydrogen-bond acceptors (Lipinski definition) is 11. The summed E-state index contributed by atoms with van der Waals surface area (Å²) in [6.07, 6.45) is 0.250. The van der Waals surface area contributed by atoms with Crippen LogP contribution in [0.4, 0.5) is 4.79 Å². The maximum absolute atomic E-state index is 9.00. The van der Waals surface area contributed by atoms with Gasteiger partial charge in [-0.2, -0.15) is 26.4 Å². The summed E-state index contributed by atoms with van der Waals surface area (Å²) in [6, 6.07) is -0.833. The van der Waals surface area contributed by atoms with Crippen molar-refractivity contribution in [2.75, 3.05) is 0 Å². The third-order valence-electron chi connectivity index (χ3n) is 0. The second-order valence-electron chi connectivity index (χ2n) is 1.53. The Bertz CT molecular complexity index is 468. The van der Waals surface area contributed by atoms with E-state index in [4.69, 9.17) is 65.8 Å². The molecule has 0 aliphatic heterocycles. The molecule has 31 heavy (non-hydrogen) atoms. The van der Waals surface area contributed by atoms with E-state index in [2.05, 4.69) is 16.6 Å². The van der Waals surface area contributed by atoms with Crippen LogP contribution in [-0.2, 0) is 30.3 Å². The predicted molar refractivity (Wildman–Crippen MR) is 117 cm³/mol. The van der Waals surface area contributed by atoms with Gasteiger partial charge in [-0.1, -0.05) is 59.4 Å². The molecular formula is C10H44N6O13S2. The van der Waals surface area contributed by atoms with Crippen LogP contribution < -0.4 is 16.6 Å². The van der Waals surface area contributed by atoms with E-state index in [1.54, 1.807) is 0 Å². The molecule has 0 aromatic rings. The summed E-state index contributed by atoms with van der Waals surface area (Å²) >= 11 is 0. The maximum atomic E-state index is 9.00. The van der Waals surface area contributed by atoms with Gasteiger partial charge >= 0.3 is 32.9 Å². The summed E-state index contributed by atoms with van der Waals surface area (Å²) in [7, 11) is -8.83. The van der Waals surface area contributed by atoms with Crippen molar-refractivity contribution >= 4 is 32.9 Å². The quantitative estimate of drug-likeness (QED) is 0.101. The fourth-order valence-electron chi connectivity index (χ4n) is 0. The zero-order chi connectivity index (χ0) is 20.0. The minimum Gasteiger partial charge on any atom is -0.412 e. The maximum Gasteiger partial charge on any atom is 0.394 e. The Balaban J connectivity index is -0.00000000734. The van der Waals surface area contributed by atoms with Crippen LogP contribution in [0.15, 0.2) is 5.34 Å². The lowest BCUT2D eigenvalue weighted by Gasteiger charge is -1.70. The van der Waals surface area contributed by atoms with Crippen LogP contribution in [0.1, 0.15) is 59.4 Å². The first-order valence-corrected chi connectivity index (χ1v) is 6.12. The molecule has 0 spiro atoms. The molecule has 2 amide bonds. The molecule has 0 radical (unpaired) electrons.